The van der Waals surface area contributed by atoms with Gasteiger partial charge in [-0.25, -0.2) is 0 Å². The molecule has 15 heavy (non-hydrogen) atoms. The van der Waals surface area contributed by atoms with Crippen LogP contribution in [0, 0.1) is 11.8 Å². The zero-order valence-electron chi connectivity index (χ0n) is 10.1. The molecule has 0 radical (unpaired) electrons. The van der Waals surface area contributed by atoms with E-state index in [2.05, 4.69) is 24.1 Å². The lowest BCUT2D eigenvalue weighted by atomic mass is 9.83. The molecule has 0 N–H and O–H groups in total. The molecule has 1 heterocycles. The molecule has 0 spiro atoms. The smallest absolute Gasteiger partial charge is 0.0172 e. The number of nitrogens with zero attached hydrogens (tertiary/aromatic N) is 1. The van der Waals surface area contributed by atoms with E-state index in [4.69, 9.17) is 0 Å². The molecule has 2 aliphatic rings. The van der Waals surface area contributed by atoms with Crippen LogP contribution in [0.15, 0.2) is 12.3 Å². The fourth-order valence-corrected chi connectivity index (χ4v) is 2.79. The molecule has 86 valence electrons. The zero-order valence-corrected chi connectivity index (χ0v) is 10.1. The Bertz CT molecular complexity index is 195. The lowest BCUT2D eigenvalue weighted by molar-refractivity contribution is 0.298. The Balaban J connectivity index is 1.73. The van der Waals surface area contributed by atoms with Gasteiger partial charge in [0.25, 0.3) is 0 Å². The van der Waals surface area contributed by atoms with Crippen molar-refractivity contribution in [2.24, 2.45) is 11.8 Å². The minimum Gasteiger partial charge on any atom is -0.378 e. The Labute approximate surface area is 94.5 Å². The summed E-state index contributed by atoms with van der Waals surface area (Å²) in [6.07, 6.45) is 14.8. The zero-order chi connectivity index (χ0) is 10.5. The van der Waals surface area contributed by atoms with E-state index >= 15 is 0 Å². The molecule has 1 heteroatoms. The molecule has 1 aliphatic carbocycles. The second-order valence-corrected chi connectivity index (χ2v) is 5.46. The van der Waals surface area contributed by atoms with E-state index in [1.165, 1.54) is 58.0 Å². The van der Waals surface area contributed by atoms with E-state index in [9.17, 15) is 0 Å². The Morgan fingerprint density at radius 2 is 1.60 bits per heavy atom. The van der Waals surface area contributed by atoms with E-state index in [0.717, 1.165) is 11.8 Å². The number of rotatable bonds is 2. The maximum atomic E-state index is 2.52. The third-order valence-electron chi connectivity index (χ3n) is 4.02. The second-order valence-electron chi connectivity index (χ2n) is 5.46. The summed E-state index contributed by atoms with van der Waals surface area (Å²) < 4.78 is 0. The van der Waals surface area contributed by atoms with Gasteiger partial charge >= 0.3 is 0 Å². The van der Waals surface area contributed by atoms with Gasteiger partial charge in [-0.1, -0.05) is 25.8 Å². The van der Waals surface area contributed by atoms with Gasteiger partial charge in [0.05, 0.1) is 0 Å². The largest absolute Gasteiger partial charge is 0.378 e. The van der Waals surface area contributed by atoms with E-state index in [-0.39, 0.29) is 0 Å². The van der Waals surface area contributed by atoms with Gasteiger partial charge in [-0.05, 0) is 50.1 Å². The van der Waals surface area contributed by atoms with Gasteiger partial charge in [-0.3, -0.25) is 0 Å². The molecule has 2 rings (SSSR count). The van der Waals surface area contributed by atoms with Crippen LogP contribution in [0.1, 0.15) is 51.9 Å². The number of allylic oxidation sites excluding steroid dienone is 1. The number of hydrogen-bond acceptors (Lipinski definition) is 1. The Kier molecular flexibility index (Phi) is 4.10. The molecule has 1 saturated heterocycles. The summed E-state index contributed by atoms with van der Waals surface area (Å²) in [5, 5.41) is 0. The van der Waals surface area contributed by atoms with Crippen molar-refractivity contribution in [1.82, 2.24) is 4.90 Å². The fraction of sp³-hybridized carbons (Fsp3) is 0.857. The average molecular weight is 207 g/mol. The summed E-state index contributed by atoms with van der Waals surface area (Å²) in [6.45, 7) is 4.98. The van der Waals surface area contributed by atoms with E-state index in [1.807, 2.05) is 0 Å². The SMILES string of the molecule is C[C@H]1CC[C@H](/C=C/N2CCCCC2)CC1. The molecule has 0 amide bonds. The van der Waals surface area contributed by atoms with Crippen LogP contribution in [-0.4, -0.2) is 18.0 Å². The third kappa shape index (κ3) is 3.55. The van der Waals surface area contributed by atoms with E-state index in [1.54, 1.807) is 0 Å². The van der Waals surface area contributed by atoms with Crippen molar-refractivity contribution < 1.29 is 0 Å². The van der Waals surface area contributed by atoms with Crippen LogP contribution >= 0.6 is 0 Å². The molecule has 0 aromatic heterocycles. The van der Waals surface area contributed by atoms with Crippen LogP contribution in [0.25, 0.3) is 0 Å². The van der Waals surface area contributed by atoms with Crippen molar-refractivity contribution in [3.8, 4) is 0 Å². The first kappa shape index (κ1) is 11.0. The summed E-state index contributed by atoms with van der Waals surface area (Å²) in [7, 11) is 0. The molecule has 2 fully saturated rings. The first-order valence-corrected chi connectivity index (χ1v) is 6.77. The predicted octanol–water partition coefficient (Wildman–Crippen LogP) is 3.81. The van der Waals surface area contributed by atoms with E-state index in [0.29, 0.717) is 0 Å². The minimum atomic E-state index is 0.878. The lowest BCUT2D eigenvalue weighted by Crippen LogP contribution is -2.24. The molecule has 1 saturated carbocycles. The normalized spacial score (nSPS) is 33.5. The fourth-order valence-electron chi connectivity index (χ4n) is 2.79. The number of hydrogen-bond donors (Lipinski definition) is 0. The molecular weight excluding hydrogens is 182 g/mol. The monoisotopic (exact) mass is 207 g/mol. The Morgan fingerprint density at radius 1 is 0.933 bits per heavy atom. The van der Waals surface area contributed by atoms with Gasteiger partial charge < -0.3 is 4.90 Å². The summed E-state index contributed by atoms with van der Waals surface area (Å²) in [4.78, 5) is 2.52. The quantitative estimate of drug-likeness (QED) is 0.665. The van der Waals surface area contributed by atoms with Gasteiger partial charge in [0, 0.05) is 13.1 Å². The van der Waals surface area contributed by atoms with Crippen molar-refractivity contribution in [3.05, 3.63) is 12.3 Å². The van der Waals surface area contributed by atoms with E-state index < -0.39 is 0 Å². The van der Waals surface area contributed by atoms with Crippen LogP contribution in [0.2, 0.25) is 0 Å². The van der Waals surface area contributed by atoms with Gasteiger partial charge in [-0.15, -0.1) is 0 Å². The highest BCUT2D eigenvalue weighted by Crippen LogP contribution is 2.29. The van der Waals surface area contributed by atoms with Crippen LogP contribution in [0.4, 0.5) is 0 Å². The first-order chi connectivity index (χ1) is 7.34. The maximum absolute atomic E-state index is 2.52. The number of likely N-dealkylation sites (tertiary alicyclic amines) is 1. The van der Waals surface area contributed by atoms with Gasteiger partial charge in [0.15, 0.2) is 0 Å². The molecule has 0 unspecified atom stereocenters. The van der Waals surface area contributed by atoms with Crippen molar-refractivity contribution in [1.29, 1.82) is 0 Å². The van der Waals surface area contributed by atoms with Crippen LogP contribution in [-0.2, 0) is 0 Å². The Morgan fingerprint density at radius 3 is 2.27 bits per heavy atom. The molecule has 1 aliphatic heterocycles. The molecule has 0 aromatic rings. The molecular formula is C14H25N. The first-order valence-electron chi connectivity index (χ1n) is 6.77. The molecule has 0 atom stereocenters. The topological polar surface area (TPSA) is 3.24 Å². The van der Waals surface area contributed by atoms with Gasteiger partial charge in [0.2, 0.25) is 0 Å². The standard InChI is InChI=1S/C14H25N/c1-13-5-7-14(8-6-13)9-12-15-10-3-2-4-11-15/h9,12-14H,2-8,10-11H2,1H3/b12-9+/t13-,14-. The summed E-state index contributed by atoms with van der Waals surface area (Å²) in [5.74, 6) is 1.85. The van der Waals surface area contributed by atoms with Gasteiger partial charge in [0.1, 0.15) is 0 Å². The summed E-state index contributed by atoms with van der Waals surface area (Å²) >= 11 is 0. The average Bonchev–Trinajstić information content (AvgIpc) is 2.30. The van der Waals surface area contributed by atoms with Gasteiger partial charge in [-0.2, -0.15) is 0 Å². The van der Waals surface area contributed by atoms with Crippen LogP contribution < -0.4 is 0 Å². The maximum Gasteiger partial charge on any atom is 0.0172 e. The highest BCUT2D eigenvalue weighted by Gasteiger charge is 2.16. The highest BCUT2D eigenvalue weighted by molar-refractivity contribution is 4.91. The lowest BCUT2D eigenvalue weighted by Gasteiger charge is -2.27. The molecule has 1 nitrogen and oxygen atoms in total. The highest BCUT2D eigenvalue weighted by atomic mass is 15.1. The van der Waals surface area contributed by atoms with Crippen LogP contribution in [0.3, 0.4) is 0 Å². The predicted molar refractivity (Wildman–Crippen MR) is 65.7 cm³/mol. The van der Waals surface area contributed by atoms with Crippen molar-refractivity contribution >= 4 is 0 Å². The van der Waals surface area contributed by atoms with Crippen molar-refractivity contribution in [2.75, 3.05) is 13.1 Å². The second kappa shape index (κ2) is 5.58. The Hall–Kier alpha value is -0.460. The third-order valence-corrected chi connectivity index (χ3v) is 4.02. The summed E-state index contributed by atoms with van der Waals surface area (Å²) in [5.41, 5.74) is 0. The van der Waals surface area contributed by atoms with Crippen LogP contribution in [0.5, 0.6) is 0 Å². The number of piperidine rings is 1. The molecule has 0 aromatic carbocycles. The van der Waals surface area contributed by atoms with Crippen molar-refractivity contribution in [3.63, 3.8) is 0 Å². The van der Waals surface area contributed by atoms with Crippen molar-refractivity contribution in [2.45, 2.75) is 51.9 Å². The molecule has 0 bridgehead atoms. The minimum absolute atomic E-state index is 0.878. The summed E-state index contributed by atoms with van der Waals surface area (Å²) in [6, 6.07) is 0.